The molecule has 2 aliphatic rings. The van der Waals surface area contributed by atoms with Crippen LogP contribution in [0.5, 0.6) is 0 Å². The van der Waals surface area contributed by atoms with E-state index >= 15 is 0 Å². The van der Waals surface area contributed by atoms with Crippen LogP contribution in [0.3, 0.4) is 0 Å². The lowest BCUT2D eigenvalue weighted by Gasteiger charge is -2.23. The Morgan fingerprint density at radius 1 is 1.07 bits per heavy atom. The second-order valence-electron chi connectivity index (χ2n) is 4.93. The summed E-state index contributed by atoms with van der Waals surface area (Å²) < 4.78 is 12.7. The molecule has 0 amide bonds. The molecule has 2 fully saturated rings. The van der Waals surface area contributed by atoms with Crippen molar-refractivity contribution in [3.63, 3.8) is 0 Å². The Hall–Kier alpha value is -1.05. The van der Waals surface area contributed by atoms with Crippen molar-refractivity contribution in [3.05, 3.63) is 30.1 Å². The molecule has 3 atom stereocenters. The van der Waals surface area contributed by atoms with Gasteiger partial charge in [0.15, 0.2) is 0 Å². The van der Waals surface area contributed by atoms with Gasteiger partial charge in [-0.3, -0.25) is 0 Å². The maximum Gasteiger partial charge on any atom is 0.123 e. The number of hydrogen-bond donors (Lipinski definition) is 1. The monoisotopic (exact) mass is 205 g/mol. The van der Waals surface area contributed by atoms with E-state index in [9.17, 15) is 4.39 Å². The molecule has 0 unspecified atom stereocenters. The number of fused-ring (bicyclic) bond motifs is 2. The van der Waals surface area contributed by atoms with Crippen molar-refractivity contribution in [2.45, 2.75) is 31.7 Å². The number of anilines is 1. The fourth-order valence-electron chi connectivity index (χ4n) is 3.18. The Bertz CT molecular complexity index is 346. The van der Waals surface area contributed by atoms with E-state index in [0.29, 0.717) is 6.04 Å². The van der Waals surface area contributed by atoms with Gasteiger partial charge in [-0.2, -0.15) is 0 Å². The van der Waals surface area contributed by atoms with Gasteiger partial charge >= 0.3 is 0 Å². The summed E-state index contributed by atoms with van der Waals surface area (Å²) in [4.78, 5) is 0. The topological polar surface area (TPSA) is 12.0 Å². The molecule has 1 N–H and O–H groups in total. The highest BCUT2D eigenvalue weighted by Gasteiger charge is 2.39. The molecule has 1 aromatic carbocycles. The van der Waals surface area contributed by atoms with Gasteiger partial charge in [0.2, 0.25) is 0 Å². The largest absolute Gasteiger partial charge is 0.382 e. The molecule has 0 radical (unpaired) electrons. The van der Waals surface area contributed by atoms with E-state index in [0.717, 1.165) is 17.5 Å². The summed E-state index contributed by atoms with van der Waals surface area (Å²) in [5.74, 6) is 1.65. The molecular formula is C13H16FN. The van der Waals surface area contributed by atoms with Crippen molar-refractivity contribution in [2.75, 3.05) is 5.32 Å². The number of nitrogens with one attached hydrogen (secondary N) is 1. The zero-order valence-corrected chi connectivity index (χ0v) is 8.75. The van der Waals surface area contributed by atoms with Crippen LogP contribution >= 0.6 is 0 Å². The van der Waals surface area contributed by atoms with Gasteiger partial charge in [-0.25, -0.2) is 4.39 Å². The minimum Gasteiger partial charge on any atom is -0.382 e. The van der Waals surface area contributed by atoms with Crippen LogP contribution in [0.2, 0.25) is 0 Å². The fraction of sp³-hybridized carbons (Fsp3) is 0.538. The molecule has 2 aliphatic carbocycles. The van der Waals surface area contributed by atoms with Gasteiger partial charge in [-0.1, -0.05) is 6.42 Å². The number of halogens is 1. The summed E-state index contributed by atoms with van der Waals surface area (Å²) >= 11 is 0. The first kappa shape index (κ1) is 9.20. The van der Waals surface area contributed by atoms with Crippen LogP contribution in [0.4, 0.5) is 10.1 Å². The van der Waals surface area contributed by atoms with Gasteiger partial charge in [0.25, 0.3) is 0 Å². The molecule has 15 heavy (non-hydrogen) atoms. The maximum absolute atomic E-state index is 12.7. The van der Waals surface area contributed by atoms with E-state index < -0.39 is 0 Å². The van der Waals surface area contributed by atoms with E-state index in [1.54, 1.807) is 0 Å². The number of rotatable bonds is 2. The Morgan fingerprint density at radius 3 is 2.47 bits per heavy atom. The lowest BCUT2D eigenvalue weighted by atomic mass is 9.95. The predicted octanol–water partition coefficient (Wildman–Crippen LogP) is 3.43. The summed E-state index contributed by atoms with van der Waals surface area (Å²) in [6, 6.07) is 7.35. The molecule has 0 aliphatic heterocycles. The van der Waals surface area contributed by atoms with Crippen LogP contribution in [0.25, 0.3) is 0 Å². The maximum atomic E-state index is 12.7. The van der Waals surface area contributed by atoms with Crippen molar-refractivity contribution >= 4 is 5.69 Å². The van der Waals surface area contributed by atoms with E-state index in [2.05, 4.69) is 5.32 Å². The minimum atomic E-state index is -0.159. The molecule has 0 heterocycles. The van der Waals surface area contributed by atoms with Crippen LogP contribution in [-0.2, 0) is 0 Å². The summed E-state index contributed by atoms with van der Waals surface area (Å²) in [5, 5.41) is 3.53. The van der Waals surface area contributed by atoms with Gasteiger partial charge in [0.1, 0.15) is 5.82 Å². The van der Waals surface area contributed by atoms with Crippen molar-refractivity contribution in [3.8, 4) is 0 Å². The Labute approximate surface area is 89.7 Å². The van der Waals surface area contributed by atoms with Crippen LogP contribution in [-0.4, -0.2) is 6.04 Å². The summed E-state index contributed by atoms with van der Waals surface area (Å²) in [7, 11) is 0. The predicted molar refractivity (Wildman–Crippen MR) is 59.3 cm³/mol. The van der Waals surface area contributed by atoms with Crippen LogP contribution in [0.1, 0.15) is 25.7 Å². The molecular weight excluding hydrogens is 189 g/mol. The highest BCUT2D eigenvalue weighted by Crippen LogP contribution is 2.45. The second-order valence-corrected chi connectivity index (χ2v) is 4.93. The quantitative estimate of drug-likeness (QED) is 0.780. The smallest absolute Gasteiger partial charge is 0.123 e. The Morgan fingerprint density at radius 2 is 1.87 bits per heavy atom. The van der Waals surface area contributed by atoms with Gasteiger partial charge in [0, 0.05) is 11.7 Å². The zero-order valence-electron chi connectivity index (χ0n) is 8.75. The van der Waals surface area contributed by atoms with Gasteiger partial charge in [-0.15, -0.1) is 0 Å². The molecule has 0 aromatic heterocycles. The molecule has 1 nitrogen and oxygen atoms in total. The first-order valence-corrected chi connectivity index (χ1v) is 5.83. The highest BCUT2D eigenvalue weighted by molar-refractivity contribution is 5.44. The zero-order chi connectivity index (χ0) is 10.3. The Kier molecular flexibility index (Phi) is 2.15. The summed E-state index contributed by atoms with van der Waals surface area (Å²) in [6.45, 7) is 0. The third kappa shape index (κ3) is 1.73. The molecule has 0 saturated heterocycles. The van der Waals surface area contributed by atoms with E-state index in [-0.39, 0.29) is 5.82 Å². The SMILES string of the molecule is Fc1ccc(N[C@H]2C[C@H]3CC[C@@H]2C3)cc1. The molecule has 2 heteroatoms. The van der Waals surface area contributed by atoms with Crippen molar-refractivity contribution < 1.29 is 4.39 Å². The van der Waals surface area contributed by atoms with Gasteiger partial charge in [-0.05, 0) is 55.4 Å². The van der Waals surface area contributed by atoms with Gasteiger partial charge < -0.3 is 5.32 Å². The van der Waals surface area contributed by atoms with Crippen LogP contribution in [0, 0.1) is 17.7 Å². The molecule has 80 valence electrons. The number of hydrogen-bond acceptors (Lipinski definition) is 1. The normalized spacial score (nSPS) is 33.3. The third-order valence-electron chi connectivity index (χ3n) is 3.93. The van der Waals surface area contributed by atoms with E-state index in [1.807, 2.05) is 12.1 Å². The average Bonchev–Trinajstić information content (AvgIpc) is 2.83. The first-order valence-electron chi connectivity index (χ1n) is 5.83. The molecule has 2 bridgehead atoms. The molecule has 3 rings (SSSR count). The average molecular weight is 205 g/mol. The van der Waals surface area contributed by atoms with Crippen molar-refractivity contribution in [2.24, 2.45) is 11.8 Å². The van der Waals surface area contributed by atoms with E-state index in [1.165, 1.54) is 37.8 Å². The minimum absolute atomic E-state index is 0.159. The van der Waals surface area contributed by atoms with Crippen molar-refractivity contribution in [1.82, 2.24) is 0 Å². The molecule has 1 aromatic rings. The van der Waals surface area contributed by atoms with Crippen molar-refractivity contribution in [1.29, 1.82) is 0 Å². The number of benzene rings is 1. The first-order chi connectivity index (χ1) is 7.31. The van der Waals surface area contributed by atoms with E-state index in [4.69, 9.17) is 0 Å². The third-order valence-corrected chi connectivity index (χ3v) is 3.93. The summed E-state index contributed by atoms with van der Waals surface area (Å²) in [6.07, 6.45) is 5.51. The lowest BCUT2D eigenvalue weighted by molar-refractivity contribution is 0.440. The fourth-order valence-corrected chi connectivity index (χ4v) is 3.18. The van der Waals surface area contributed by atoms with Crippen LogP contribution in [0.15, 0.2) is 24.3 Å². The van der Waals surface area contributed by atoms with Gasteiger partial charge in [0.05, 0.1) is 0 Å². The highest BCUT2D eigenvalue weighted by atomic mass is 19.1. The van der Waals surface area contributed by atoms with Crippen LogP contribution < -0.4 is 5.32 Å². The standard InChI is InChI=1S/C13H16FN/c14-11-3-5-12(6-4-11)15-13-8-9-1-2-10(13)7-9/h3-6,9-10,13,15H,1-2,7-8H2/t9-,10+,13-/m0/s1. The second kappa shape index (κ2) is 3.51. The molecule has 0 spiro atoms. The summed E-state index contributed by atoms with van der Waals surface area (Å²) in [5.41, 5.74) is 1.06. The Balaban J connectivity index is 1.68. The lowest BCUT2D eigenvalue weighted by Crippen LogP contribution is -2.25. The molecule has 2 saturated carbocycles.